The highest BCUT2D eigenvalue weighted by atomic mass is 16.4. The number of hydrogen-bond acceptors (Lipinski definition) is 5. The third kappa shape index (κ3) is 3.18. The number of carbonyl (C=O) groups is 1. The van der Waals surface area contributed by atoms with Gasteiger partial charge in [-0.05, 0) is 35.9 Å². The van der Waals surface area contributed by atoms with E-state index in [1.165, 1.54) is 0 Å². The summed E-state index contributed by atoms with van der Waals surface area (Å²) in [4.78, 5) is 17.8. The number of furan rings is 1. The van der Waals surface area contributed by atoms with Crippen molar-refractivity contribution < 1.29 is 14.3 Å². The maximum Gasteiger partial charge on any atom is 0.308 e. The molecule has 1 aliphatic heterocycles. The molecule has 1 saturated heterocycles. The molecule has 0 bridgehead atoms. The first kappa shape index (κ1) is 15.6. The number of H-pyrrole nitrogens is 1. The van der Waals surface area contributed by atoms with Crippen molar-refractivity contribution in [2.45, 2.75) is 12.5 Å². The minimum atomic E-state index is -0.762. The van der Waals surface area contributed by atoms with E-state index in [1.54, 1.807) is 18.6 Å². The SMILES string of the molecule is O=C(O)[C@@H]1CN(Cc2ccc(-c3ccn[nH]3)o2)C[C@H]1c1ccncc1. The molecular weight excluding hydrogens is 320 g/mol. The number of likely N-dealkylation sites (tertiary alicyclic amines) is 1. The monoisotopic (exact) mass is 338 g/mol. The minimum absolute atomic E-state index is 0.0393. The summed E-state index contributed by atoms with van der Waals surface area (Å²) >= 11 is 0. The number of aromatic nitrogens is 3. The summed E-state index contributed by atoms with van der Waals surface area (Å²) in [5.74, 6) is 0.310. The Hall–Kier alpha value is -2.93. The van der Waals surface area contributed by atoms with Crippen LogP contribution in [0.15, 0.2) is 53.3 Å². The van der Waals surface area contributed by atoms with Gasteiger partial charge in [-0.2, -0.15) is 5.10 Å². The molecule has 3 aromatic heterocycles. The Kier molecular flexibility index (Phi) is 4.07. The topological polar surface area (TPSA) is 95.2 Å². The van der Waals surface area contributed by atoms with Crippen LogP contribution in [0, 0.1) is 5.92 Å². The van der Waals surface area contributed by atoms with Gasteiger partial charge in [-0.25, -0.2) is 0 Å². The molecule has 25 heavy (non-hydrogen) atoms. The molecule has 0 saturated carbocycles. The second-order valence-corrected chi connectivity index (χ2v) is 6.26. The van der Waals surface area contributed by atoms with Crippen LogP contribution in [-0.4, -0.2) is 44.2 Å². The van der Waals surface area contributed by atoms with E-state index >= 15 is 0 Å². The average Bonchev–Trinajstić information content (AvgIpc) is 3.36. The number of pyridine rings is 1. The predicted molar refractivity (Wildman–Crippen MR) is 89.7 cm³/mol. The fourth-order valence-corrected chi connectivity index (χ4v) is 3.43. The molecule has 4 rings (SSSR count). The van der Waals surface area contributed by atoms with Gasteiger partial charge < -0.3 is 9.52 Å². The molecule has 2 atom stereocenters. The summed E-state index contributed by atoms with van der Waals surface area (Å²) in [6.45, 7) is 1.77. The zero-order valence-corrected chi connectivity index (χ0v) is 13.5. The first-order chi connectivity index (χ1) is 12.2. The summed E-state index contributed by atoms with van der Waals surface area (Å²) < 4.78 is 5.86. The Bertz CT molecular complexity index is 844. The number of carboxylic acid groups (broad SMARTS) is 1. The minimum Gasteiger partial charge on any atom is -0.481 e. The third-order valence-electron chi connectivity index (χ3n) is 4.65. The molecule has 7 heteroatoms. The Morgan fingerprint density at radius 2 is 2.04 bits per heavy atom. The Morgan fingerprint density at radius 1 is 1.20 bits per heavy atom. The van der Waals surface area contributed by atoms with Crippen LogP contribution in [0.1, 0.15) is 17.2 Å². The smallest absolute Gasteiger partial charge is 0.308 e. The number of aliphatic carboxylic acids is 1. The zero-order valence-electron chi connectivity index (χ0n) is 13.5. The first-order valence-electron chi connectivity index (χ1n) is 8.14. The molecule has 0 spiro atoms. The number of hydrogen-bond donors (Lipinski definition) is 2. The summed E-state index contributed by atoms with van der Waals surface area (Å²) in [7, 11) is 0. The fourth-order valence-electron chi connectivity index (χ4n) is 3.43. The number of carboxylic acids is 1. The van der Waals surface area contributed by atoms with Crippen molar-refractivity contribution in [2.24, 2.45) is 5.92 Å². The van der Waals surface area contributed by atoms with Crippen LogP contribution in [0.25, 0.3) is 11.5 Å². The molecule has 0 radical (unpaired) electrons. The van der Waals surface area contributed by atoms with Gasteiger partial charge in [0.15, 0.2) is 5.76 Å². The lowest BCUT2D eigenvalue weighted by Gasteiger charge is -2.15. The second kappa shape index (κ2) is 6.52. The van der Waals surface area contributed by atoms with Gasteiger partial charge in [-0.15, -0.1) is 0 Å². The lowest BCUT2D eigenvalue weighted by Crippen LogP contribution is -2.23. The van der Waals surface area contributed by atoms with Gasteiger partial charge in [0, 0.05) is 37.6 Å². The fraction of sp³-hybridized carbons (Fsp3) is 0.278. The van der Waals surface area contributed by atoms with Crippen LogP contribution in [-0.2, 0) is 11.3 Å². The number of nitrogens with one attached hydrogen (secondary N) is 1. The van der Waals surface area contributed by atoms with Gasteiger partial charge in [-0.1, -0.05) is 0 Å². The molecule has 1 fully saturated rings. The lowest BCUT2D eigenvalue weighted by atomic mass is 9.90. The van der Waals surface area contributed by atoms with Crippen LogP contribution < -0.4 is 0 Å². The van der Waals surface area contributed by atoms with Crippen molar-refractivity contribution in [1.82, 2.24) is 20.1 Å². The van der Waals surface area contributed by atoms with E-state index in [1.807, 2.05) is 30.3 Å². The largest absolute Gasteiger partial charge is 0.481 e. The molecule has 0 aromatic carbocycles. The van der Waals surface area contributed by atoms with Crippen molar-refractivity contribution in [3.63, 3.8) is 0 Å². The third-order valence-corrected chi connectivity index (χ3v) is 4.65. The Labute approximate surface area is 144 Å². The van der Waals surface area contributed by atoms with Crippen LogP contribution in [0.4, 0.5) is 0 Å². The quantitative estimate of drug-likeness (QED) is 0.741. The summed E-state index contributed by atoms with van der Waals surface area (Å²) in [5, 5.41) is 16.4. The van der Waals surface area contributed by atoms with E-state index < -0.39 is 11.9 Å². The zero-order chi connectivity index (χ0) is 17.2. The van der Waals surface area contributed by atoms with Gasteiger partial charge in [0.05, 0.1) is 12.5 Å². The summed E-state index contributed by atoms with van der Waals surface area (Å²) in [6, 6.07) is 9.46. The molecule has 0 aliphatic carbocycles. The number of rotatable bonds is 5. The molecule has 4 heterocycles. The van der Waals surface area contributed by atoms with Crippen molar-refractivity contribution >= 4 is 5.97 Å². The van der Waals surface area contributed by atoms with E-state index in [0.29, 0.717) is 19.6 Å². The molecule has 3 aromatic rings. The van der Waals surface area contributed by atoms with Crippen molar-refractivity contribution in [3.8, 4) is 11.5 Å². The molecule has 128 valence electrons. The van der Waals surface area contributed by atoms with Crippen LogP contribution in [0.2, 0.25) is 0 Å². The molecular formula is C18H18N4O3. The van der Waals surface area contributed by atoms with Crippen LogP contribution >= 0.6 is 0 Å². The van der Waals surface area contributed by atoms with Crippen LogP contribution in [0.5, 0.6) is 0 Å². The highest BCUT2D eigenvalue weighted by Crippen LogP contribution is 2.34. The second-order valence-electron chi connectivity index (χ2n) is 6.26. The van der Waals surface area contributed by atoms with Gasteiger partial charge in [-0.3, -0.25) is 19.8 Å². The highest BCUT2D eigenvalue weighted by molar-refractivity contribution is 5.72. The Balaban J connectivity index is 1.49. The molecule has 0 amide bonds. The van der Waals surface area contributed by atoms with Crippen molar-refractivity contribution in [2.75, 3.05) is 13.1 Å². The predicted octanol–water partition coefficient (Wildman–Crippen LogP) is 2.36. The summed E-state index contributed by atoms with van der Waals surface area (Å²) in [5.41, 5.74) is 1.84. The molecule has 1 aliphatic rings. The Morgan fingerprint density at radius 3 is 2.76 bits per heavy atom. The van der Waals surface area contributed by atoms with Crippen molar-refractivity contribution in [1.29, 1.82) is 0 Å². The van der Waals surface area contributed by atoms with Gasteiger partial charge in [0.1, 0.15) is 11.5 Å². The summed E-state index contributed by atoms with van der Waals surface area (Å²) in [6.07, 6.45) is 5.09. The van der Waals surface area contributed by atoms with Gasteiger partial charge in [0.25, 0.3) is 0 Å². The lowest BCUT2D eigenvalue weighted by molar-refractivity contribution is -0.141. The number of aromatic amines is 1. The van der Waals surface area contributed by atoms with E-state index in [4.69, 9.17) is 4.42 Å². The number of nitrogens with zero attached hydrogens (tertiary/aromatic N) is 3. The van der Waals surface area contributed by atoms with E-state index in [0.717, 1.165) is 22.8 Å². The van der Waals surface area contributed by atoms with Crippen molar-refractivity contribution in [3.05, 3.63) is 60.2 Å². The average molecular weight is 338 g/mol. The van der Waals surface area contributed by atoms with E-state index in [2.05, 4.69) is 20.1 Å². The van der Waals surface area contributed by atoms with Gasteiger partial charge >= 0.3 is 5.97 Å². The molecule has 7 nitrogen and oxygen atoms in total. The van der Waals surface area contributed by atoms with Crippen LogP contribution in [0.3, 0.4) is 0 Å². The normalized spacial score (nSPS) is 20.8. The maximum absolute atomic E-state index is 11.7. The van der Waals surface area contributed by atoms with E-state index in [9.17, 15) is 9.90 Å². The standard InChI is InChI=1S/C18H18N4O3/c23-18(24)15-11-22(10-14(15)12-3-6-19-7-4-12)9-13-1-2-17(25-13)16-5-8-20-21-16/h1-8,14-15H,9-11H2,(H,20,21)(H,23,24)/t14-,15+/m0/s1. The molecule has 0 unspecified atom stereocenters. The van der Waals surface area contributed by atoms with E-state index in [-0.39, 0.29) is 5.92 Å². The maximum atomic E-state index is 11.7. The first-order valence-corrected chi connectivity index (χ1v) is 8.14. The van der Waals surface area contributed by atoms with Gasteiger partial charge in [0.2, 0.25) is 0 Å². The highest BCUT2D eigenvalue weighted by Gasteiger charge is 2.38. The molecule has 2 N–H and O–H groups in total.